The van der Waals surface area contributed by atoms with Crippen molar-refractivity contribution in [3.8, 4) is 0 Å². The third-order valence-electron chi connectivity index (χ3n) is 3.41. The summed E-state index contributed by atoms with van der Waals surface area (Å²) in [6, 6.07) is 21.4. The van der Waals surface area contributed by atoms with Crippen LogP contribution in [0.1, 0.15) is 0 Å². The molecule has 3 aromatic carbocycles. The molecule has 3 aromatic rings. The molecule has 0 aromatic heterocycles. The molecule has 5 nitrogen and oxygen atoms in total. The molecule has 7 heteroatoms. The molecule has 0 fully saturated rings. The lowest BCUT2D eigenvalue weighted by Crippen LogP contribution is -2.23. The second-order valence-electron chi connectivity index (χ2n) is 5.10. The first-order chi connectivity index (χ1) is 12.1. The highest BCUT2D eigenvalue weighted by atomic mass is 35.5. The van der Waals surface area contributed by atoms with Gasteiger partial charge in [0.2, 0.25) is 0 Å². The summed E-state index contributed by atoms with van der Waals surface area (Å²) in [4.78, 5) is 10.4. The van der Waals surface area contributed by atoms with Gasteiger partial charge in [0.15, 0.2) is 0 Å². The van der Waals surface area contributed by atoms with Crippen LogP contribution in [0.15, 0.2) is 72.8 Å². The molecule has 125 valence electrons. The number of non-ortho nitro benzene ring substituents is 1. The largest absolute Gasteiger partial charge is 0.272 e. The highest BCUT2D eigenvalue weighted by molar-refractivity contribution is 6.39. The Kier molecular flexibility index (Phi) is 5.07. The zero-order valence-corrected chi connectivity index (χ0v) is 14.4. The molecule has 0 amide bonds. The highest BCUT2D eigenvalue weighted by Crippen LogP contribution is 2.37. The first-order valence-corrected chi connectivity index (χ1v) is 8.07. The number of benzene rings is 3. The Balaban J connectivity index is 2.04. The van der Waals surface area contributed by atoms with E-state index in [9.17, 15) is 10.1 Å². The summed E-state index contributed by atoms with van der Waals surface area (Å²) in [6.07, 6.45) is 0. The van der Waals surface area contributed by atoms with E-state index in [-0.39, 0.29) is 21.4 Å². The van der Waals surface area contributed by atoms with Gasteiger partial charge in [-0.15, -0.1) is 0 Å². The molecule has 0 N–H and O–H groups in total. The van der Waals surface area contributed by atoms with E-state index in [0.29, 0.717) is 0 Å². The Hall–Kier alpha value is -2.76. The molecular weight excluding hydrogens is 361 g/mol. The van der Waals surface area contributed by atoms with Crippen molar-refractivity contribution in [3.63, 3.8) is 0 Å². The number of nitrogens with zero attached hydrogens (tertiary/aromatic N) is 3. The normalized spacial score (nSPS) is 10.3. The van der Waals surface area contributed by atoms with E-state index < -0.39 is 4.92 Å². The molecule has 0 aliphatic heterocycles. The molecule has 0 bridgehead atoms. The average Bonchev–Trinajstić information content (AvgIpc) is 2.62. The molecule has 0 unspecified atom stereocenters. The molecule has 1 radical (unpaired) electrons. The maximum Gasteiger partial charge on any atom is 0.272 e. The second kappa shape index (κ2) is 7.42. The van der Waals surface area contributed by atoms with E-state index in [2.05, 4.69) is 5.43 Å². The van der Waals surface area contributed by atoms with Gasteiger partial charge in [0, 0.05) is 12.1 Å². The summed E-state index contributed by atoms with van der Waals surface area (Å²) in [6.45, 7) is 0. The Bertz CT molecular complexity index is 827. The van der Waals surface area contributed by atoms with Gasteiger partial charge < -0.3 is 0 Å². The SMILES string of the molecule is O=[N+]([O-])c1cc(Cl)c([N]N(c2ccccc2)c2ccccc2)c(Cl)c1. The number of nitro groups is 1. The fourth-order valence-corrected chi connectivity index (χ4v) is 2.81. The Morgan fingerprint density at radius 3 is 1.68 bits per heavy atom. The van der Waals surface area contributed by atoms with Gasteiger partial charge in [0.25, 0.3) is 5.69 Å². The maximum atomic E-state index is 10.9. The molecule has 0 saturated carbocycles. The minimum atomic E-state index is -0.548. The number of hydrogen-bond acceptors (Lipinski definition) is 3. The van der Waals surface area contributed by atoms with Crippen LogP contribution in [0.4, 0.5) is 22.7 Å². The average molecular weight is 373 g/mol. The van der Waals surface area contributed by atoms with Gasteiger partial charge in [0.1, 0.15) is 5.69 Å². The summed E-state index contributed by atoms with van der Waals surface area (Å²) < 4.78 is 0. The van der Waals surface area contributed by atoms with E-state index in [1.165, 1.54) is 12.1 Å². The molecule has 0 atom stereocenters. The van der Waals surface area contributed by atoms with Crippen LogP contribution < -0.4 is 10.4 Å². The number of halogens is 2. The van der Waals surface area contributed by atoms with E-state index in [1.807, 2.05) is 60.7 Å². The van der Waals surface area contributed by atoms with Gasteiger partial charge in [0.05, 0.1) is 26.3 Å². The second-order valence-corrected chi connectivity index (χ2v) is 5.91. The number of anilines is 2. The molecule has 0 aliphatic carbocycles. The van der Waals surface area contributed by atoms with Crippen molar-refractivity contribution in [2.45, 2.75) is 0 Å². The Morgan fingerprint density at radius 1 is 0.840 bits per heavy atom. The van der Waals surface area contributed by atoms with Crippen molar-refractivity contribution in [2.24, 2.45) is 0 Å². The predicted molar refractivity (Wildman–Crippen MR) is 99.9 cm³/mol. The van der Waals surface area contributed by atoms with Gasteiger partial charge in [-0.3, -0.25) is 10.1 Å². The summed E-state index contributed by atoms with van der Waals surface area (Å²) in [5, 5.41) is 12.8. The standard InChI is InChI=1S/C18H12Cl2N3O2/c19-16-11-15(23(24)25)12-17(20)18(16)21-22(13-7-3-1-4-8-13)14-9-5-2-6-10-14/h1-12H. The molecule has 0 saturated heterocycles. The summed E-state index contributed by atoms with van der Waals surface area (Å²) in [5.74, 6) is 0. The van der Waals surface area contributed by atoms with Gasteiger partial charge in [-0.25, -0.2) is 5.01 Å². The van der Waals surface area contributed by atoms with Crippen molar-refractivity contribution in [1.82, 2.24) is 5.43 Å². The van der Waals surface area contributed by atoms with Crippen molar-refractivity contribution in [1.29, 1.82) is 0 Å². The predicted octanol–water partition coefficient (Wildman–Crippen LogP) is 5.89. The van der Waals surface area contributed by atoms with Crippen molar-refractivity contribution in [3.05, 3.63) is 93.0 Å². The topological polar surface area (TPSA) is 60.5 Å². The van der Waals surface area contributed by atoms with Crippen LogP contribution in [0.3, 0.4) is 0 Å². The lowest BCUT2D eigenvalue weighted by molar-refractivity contribution is -0.384. The van der Waals surface area contributed by atoms with Gasteiger partial charge in [-0.1, -0.05) is 59.6 Å². The monoisotopic (exact) mass is 372 g/mol. The van der Waals surface area contributed by atoms with Crippen molar-refractivity contribution in [2.75, 3.05) is 5.01 Å². The molecule has 0 spiro atoms. The van der Waals surface area contributed by atoms with Crippen molar-refractivity contribution < 1.29 is 4.92 Å². The Morgan fingerprint density at radius 2 is 1.28 bits per heavy atom. The fraction of sp³-hybridized carbons (Fsp3) is 0. The minimum absolute atomic E-state index is 0.107. The number of para-hydroxylation sites is 2. The maximum absolute atomic E-state index is 10.9. The van der Waals surface area contributed by atoms with E-state index in [1.54, 1.807) is 5.01 Å². The Labute approximate surface area is 154 Å². The first kappa shape index (κ1) is 17.1. The van der Waals surface area contributed by atoms with E-state index >= 15 is 0 Å². The van der Waals surface area contributed by atoms with E-state index in [4.69, 9.17) is 23.2 Å². The zero-order valence-electron chi connectivity index (χ0n) is 12.8. The fourth-order valence-electron chi connectivity index (χ4n) is 2.26. The van der Waals surface area contributed by atoms with Crippen LogP contribution in [0.2, 0.25) is 10.0 Å². The van der Waals surface area contributed by atoms with Crippen LogP contribution >= 0.6 is 23.2 Å². The lowest BCUT2D eigenvalue weighted by Gasteiger charge is -2.24. The molecule has 0 aliphatic rings. The molecule has 0 heterocycles. The van der Waals surface area contributed by atoms with Gasteiger partial charge in [-0.05, 0) is 24.3 Å². The van der Waals surface area contributed by atoms with Crippen LogP contribution in [0, 0.1) is 10.1 Å². The number of rotatable bonds is 5. The smallest absolute Gasteiger partial charge is 0.258 e. The number of nitro benzene ring substituents is 1. The summed E-state index contributed by atoms with van der Waals surface area (Å²) in [7, 11) is 0. The molecular formula is C18H12Cl2N3O2. The molecule has 25 heavy (non-hydrogen) atoms. The van der Waals surface area contributed by atoms with Crippen LogP contribution in [0.25, 0.3) is 0 Å². The quantitative estimate of drug-likeness (QED) is 0.414. The van der Waals surface area contributed by atoms with Gasteiger partial charge in [-0.2, -0.15) is 5.43 Å². The highest BCUT2D eigenvalue weighted by Gasteiger charge is 2.19. The number of hydrogen-bond donors (Lipinski definition) is 0. The van der Waals surface area contributed by atoms with Crippen LogP contribution in [-0.4, -0.2) is 4.92 Å². The third kappa shape index (κ3) is 3.84. The summed E-state index contributed by atoms with van der Waals surface area (Å²) in [5.41, 5.74) is 6.24. The van der Waals surface area contributed by atoms with E-state index in [0.717, 1.165) is 11.4 Å². The van der Waals surface area contributed by atoms with Crippen LogP contribution in [-0.2, 0) is 0 Å². The minimum Gasteiger partial charge on any atom is -0.258 e. The van der Waals surface area contributed by atoms with Crippen LogP contribution in [0.5, 0.6) is 0 Å². The zero-order chi connectivity index (χ0) is 17.8. The lowest BCUT2D eigenvalue weighted by atomic mass is 10.2. The first-order valence-electron chi connectivity index (χ1n) is 7.31. The molecule has 3 rings (SSSR count). The van der Waals surface area contributed by atoms with Gasteiger partial charge >= 0.3 is 0 Å². The summed E-state index contributed by atoms with van der Waals surface area (Å²) >= 11 is 12.4. The van der Waals surface area contributed by atoms with Crippen molar-refractivity contribution >= 4 is 46.0 Å². The third-order valence-corrected chi connectivity index (χ3v) is 3.99.